The van der Waals surface area contributed by atoms with E-state index in [2.05, 4.69) is 31.4 Å². The van der Waals surface area contributed by atoms with E-state index in [0.717, 1.165) is 24.4 Å². The van der Waals surface area contributed by atoms with Gasteiger partial charge in [-0.15, -0.1) is 23.7 Å². The van der Waals surface area contributed by atoms with Crippen LogP contribution < -0.4 is 10.6 Å². The first-order valence-corrected chi connectivity index (χ1v) is 6.58. The molecule has 0 spiro atoms. The van der Waals surface area contributed by atoms with E-state index in [1.165, 1.54) is 10.4 Å². The molecular formula is C12H21ClN2OS. The van der Waals surface area contributed by atoms with Crippen molar-refractivity contribution in [3.63, 3.8) is 0 Å². The Morgan fingerprint density at radius 1 is 1.35 bits per heavy atom. The third-order valence-electron chi connectivity index (χ3n) is 2.40. The monoisotopic (exact) mass is 276 g/mol. The predicted octanol–water partition coefficient (Wildman–Crippen LogP) is 2.38. The number of likely N-dealkylation sites (N-methyl/N-ethyl adjacent to an activating group) is 1. The second-order valence-corrected chi connectivity index (χ2v) is 4.82. The lowest BCUT2D eigenvalue weighted by Crippen LogP contribution is -2.31. The molecule has 0 unspecified atom stereocenters. The number of aryl methyl sites for hydroxylation is 2. The number of hydrogen-bond acceptors (Lipinski definition) is 3. The van der Waals surface area contributed by atoms with Crippen molar-refractivity contribution in [3.8, 4) is 0 Å². The Morgan fingerprint density at radius 3 is 2.59 bits per heavy atom. The summed E-state index contributed by atoms with van der Waals surface area (Å²) in [7, 11) is 0. The topological polar surface area (TPSA) is 41.1 Å². The van der Waals surface area contributed by atoms with Crippen LogP contribution in [-0.4, -0.2) is 25.5 Å². The van der Waals surface area contributed by atoms with Gasteiger partial charge in [0.1, 0.15) is 0 Å². The third-order valence-corrected chi connectivity index (χ3v) is 3.78. The van der Waals surface area contributed by atoms with Crippen LogP contribution in [0.15, 0.2) is 6.07 Å². The smallest absolute Gasteiger partial charge is 0.261 e. The average Bonchev–Trinajstić information content (AvgIpc) is 2.66. The Hall–Kier alpha value is -0.580. The van der Waals surface area contributed by atoms with Crippen LogP contribution in [0.25, 0.3) is 0 Å². The highest BCUT2D eigenvalue weighted by atomic mass is 35.5. The first-order chi connectivity index (χ1) is 7.69. The van der Waals surface area contributed by atoms with E-state index >= 15 is 0 Å². The van der Waals surface area contributed by atoms with E-state index in [4.69, 9.17) is 0 Å². The summed E-state index contributed by atoms with van der Waals surface area (Å²) in [5, 5.41) is 6.08. The minimum atomic E-state index is 0. The second kappa shape index (κ2) is 8.50. The Labute approximate surface area is 113 Å². The van der Waals surface area contributed by atoms with E-state index < -0.39 is 0 Å². The van der Waals surface area contributed by atoms with Gasteiger partial charge in [0.25, 0.3) is 5.91 Å². The summed E-state index contributed by atoms with van der Waals surface area (Å²) in [5.74, 6) is 0.0469. The molecule has 98 valence electrons. The maximum absolute atomic E-state index is 11.8. The average molecular weight is 277 g/mol. The van der Waals surface area contributed by atoms with Gasteiger partial charge in [-0.2, -0.15) is 0 Å². The van der Waals surface area contributed by atoms with Crippen LogP contribution in [0.2, 0.25) is 0 Å². The van der Waals surface area contributed by atoms with Crippen LogP contribution in [0.1, 0.15) is 34.0 Å². The van der Waals surface area contributed by atoms with Crippen LogP contribution in [0.3, 0.4) is 0 Å². The summed E-state index contributed by atoms with van der Waals surface area (Å²) in [6.45, 7) is 8.68. The Morgan fingerprint density at radius 2 is 2.06 bits per heavy atom. The standard InChI is InChI=1S/C12H20N2OS.ClH/c1-4-10-9(3)8-11(16-10)12(15)14-7-6-13-5-2;/h8,13H,4-7H2,1-3H3,(H,14,15);1H. The normalized spacial score (nSPS) is 9.82. The van der Waals surface area contributed by atoms with Crippen molar-refractivity contribution >= 4 is 29.7 Å². The van der Waals surface area contributed by atoms with E-state index in [1.54, 1.807) is 11.3 Å². The van der Waals surface area contributed by atoms with E-state index in [-0.39, 0.29) is 18.3 Å². The summed E-state index contributed by atoms with van der Waals surface area (Å²) < 4.78 is 0. The lowest BCUT2D eigenvalue weighted by atomic mass is 10.2. The molecule has 1 aromatic rings. The Bertz CT molecular complexity index is 352. The number of carbonyl (C=O) groups excluding carboxylic acids is 1. The highest BCUT2D eigenvalue weighted by Gasteiger charge is 2.10. The van der Waals surface area contributed by atoms with Gasteiger partial charge in [0.05, 0.1) is 4.88 Å². The van der Waals surface area contributed by atoms with Crippen molar-refractivity contribution in [2.75, 3.05) is 19.6 Å². The fraction of sp³-hybridized carbons (Fsp3) is 0.583. The highest BCUT2D eigenvalue weighted by molar-refractivity contribution is 7.14. The van der Waals surface area contributed by atoms with Gasteiger partial charge in [0, 0.05) is 18.0 Å². The highest BCUT2D eigenvalue weighted by Crippen LogP contribution is 2.21. The summed E-state index contributed by atoms with van der Waals surface area (Å²) in [6.07, 6.45) is 1.00. The quantitative estimate of drug-likeness (QED) is 0.784. The van der Waals surface area contributed by atoms with Crippen molar-refractivity contribution in [1.82, 2.24) is 10.6 Å². The molecule has 0 aromatic carbocycles. The van der Waals surface area contributed by atoms with Gasteiger partial charge in [0.15, 0.2) is 0 Å². The first-order valence-electron chi connectivity index (χ1n) is 5.77. The first kappa shape index (κ1) is 16.4. The maximum atomic E-state index is 11.8. The SMILES string of the molecule is CCNCCNC(=O)c1cc(C)c(CC)s1.Cl. The van der Waals surface area contributed by atoms with Crippen molar-refractivity contribution in [2.24, 2.45) is 0 Å². The molecule has 0 saturated carbocycles. The van der Waals surface area contributed by atoms with Crippen LogP contribution in [0.4, 0.5) is 0 Å². The molecule has 2 N–H and O–H groups in total. The van der Waals surface area contributed by atoms with Crippen molar-refractivity contribution in [3.05, 3.63) is 21.4 Å². The lowest BCUT2D eigenvalue weighted by molar-refractivity contribution is 0.0958. The number of rotatable bonds is 6. The molecule has 0 fully saturated rings. The molecule has 0 bridgehead atoms. The fourth-order valence-electron chi connectivity index (χ4n) is 1.51. The predicted molar refractivity (Wildman–Crippen MR) is 76.6 cm³/mol. The van der Waals surface area contributed by atoms with Gasteiger partial charge in [-0.05, 0) is 31.5 Å². The molecule has 1 rings (SSSR count). The third kappa shape index (κ3) is 5.06. The van der Waals surface area contributed by atoms with Crippen molar-refractivity contribution in [1.29, 1.82) is 0 Å². The number of halogens is 1. The molecule has 0 aliphatic rings. The zero-order chi connectivity index (χ0) is 12.0. The Kier molecular flexibility index (Phi) is 8.21. The number of amides is 1. The zero-order valence-electron chi connectivity index (χ0n) is 10.6. The van der Waals surface area contributed by atoms with E-state index in [9.17, 15) is 4.79 Å². The van der Waals surface area contributed by atoms with Crippen LogP contribution in [-0.2, 0) is 6.42 Å². The largest absolute Gasteiger partial charge is 0.350 e. The molecule has 0 atom stereocenters. The minimum Gasteiger partial charge on any atom is -0.350 e. The summed E-state index contributed by atoms with van der Waals surface area (Å²) in [4.78, 5) is 13.9. The van der Waals surface area contributed by atoms with Crippen molar-refractivity contribution in [2.45, 2.75) is 27.2 Å². The molecule has 0 aliphatic carbocycles. The van der Waals surface area contributed by atoms with Crippen LogP contribution >= 0.6 is 23.7 Å². The van der Waals surface area contributed by atoms with Gasteiger partial charge >= 0.3 is 0 Å². The lowest BCUT2D eigenvalue weighted by Gasteiger charge is -2.03. The van der Waals surface area contributed by atoms with Crippen LogP contribution in [0, 0.1) is 6.92 Å². The van der Waals surface area contributed by atoms with Gasteiger partial charge in [0.2, 0.25) is 0 Å². The van der Waals surface area contributed by atoms with Crippen LogP contribution in [0.5, 0.6) is 0 Å². The molecule has 0 radical (unpaired) electrons. The van der Waals surface area contributed by atoms with Gasteiger partial charge in [-0.1, -0.05) is 13.8 Å². The molecule has 0 aliphatic heterocycles. The molecule has 17 heavy (non-hydrogen) atoms. The Balaban J connectivity index is 0.00000256. The minimum absolute atomic E-state index is 0. The van der Waals surface area contributed by atoms with Crippen molar-refractivity contribution < 1.29 is 4.79 Å². The molecule has 5 heteroatoms. The van der Waals surface area contributed by atoms with Gasteiger partial charge in [-0.25, -0.2) is 0 Å². The summed E-state index contributed by atoms with van der Waals surface area (Å²) in [6, 6.07) is 1.98. The molecule has 1 amide bonds. The number of carbonyl (C=O) groups is 1. The molecule has 3 nitrogen and oxygen atoms in total. The zero-order valence-corrected chi connectivity index (χ0v) is 12.3. The number of thiophene rings is 1. The molecular weight excluding hydrogens is 256 g/mol. The molecule has 1 aromatic heterocycles. The number of nitrogens with one attached hydrogen (secondary N) is 2. The molecule has 1 heterocycles. The fourth-order valence-corrected chi connectivity index (χ4v) is 2.54. The summed E-state index contributed by atoms with van der Waals surface area (Å²) in [5.41, 5.74) is 1.23. The van der Waals surface area contributed by atoms with Gasteiger partial charge in [-0.3, -0.25) is 4.79 Å². The van der Waals surface area contributed by atoms with E-state index in [1.807, 2.05) is 6.07 Å². The van der Waals surface area contributed by atoms with E-state index in [0.29, 0.717) is 6.54 Å². The maximum Gasteiger partial charge on any atom is 0.261 e. The number of hydrogen-bond donors (Lipinski definition) is 2. The van der Waals surface area contributed by atoms with Gasteiger partial charge < -0.3 is 10.6 Å². The molecule has 0 saturated heterocycles. The summed E-state index contributed by atoms with van der Waals surface area (Å²) >= 11 is 1.60. The second-order valence-electron chi connectivity index (χ2n) is 3.68.